The van der Waals surface area contributed by atoms with Gasteiger partial charge in [-0.3, -0.25) is 4.79 Å². The lowest BCUT2D eigenvalue weighted by molar-refractivity contribution is -0.131. The van der Waals surface area contributed by atoms with Crippen molar-refractivity contribution in [2.75, 3.05) is 33.4 Å². The number of methoxy groups -OCH3 is 1. The highest BCUT2D eigenvalue weighted by Gasteiger charge is 2.21. The summed E-state index contributed by atoms with van der Waals surface area (Å²) in [6.45, 7) is 2.68. The molecule has 1 N–H and O–H groups in total. The third-order valence-electron chi connectivity index (χ3n) is 6.65. The molecule has 1 heterocycles. The van der Waals surface area contributed by atoms with Gasteiger partial charge in [0.05, 0.1) is 13.7 Å². The van der Waals surface area contributed by atoms with E-state index in [2.05, 4.69) is 4.90 Å². The summed E-state index contributed by atoms with van der Waals surface area (Å²) < 4.78 is 52.2. The van der Waals surface area contributed by atoms with Crippen molar-refractivity contribution in [1.29, 1.82) is 0 Å². The van der Waals surface area contributed by atoms with E-state index in [4.69, 9.17) is 14.6 Å². The monoisotopic (exact) mass is 539 g/mol. The minimum absolute atomic E-state index is 0.00672. The lowest BCUT2D eigenvalue weighted by Crippen LogP contribution is -2.32. The van der Waals surface area contributed by atoms with Crippen molar-refractivity contribution < 1.29 is 37.3 Å². The van der Waals surface area contributed by atoms with Crippen molar-refractivity contribution >= 4 is 17.3 Å². The molecule has 6 nitrogen and oxygen atoms in total. The first-order valence-electron chi connectivity index (χ1n) is 12.5. The Labute approximate surface area is 224 Å². The van der Waals surface area contributed by atoms with Crippen LogP contribution in [0.25, 0.3) is 5.57 Å². The van der Waals surface area contributed by atoms with Gasteiger partial charge >= 0.3 is 5.97 Å². The Hall–Kier alpha value is -4.11. The molecule has 3 aromatic rings. The highest BCUT2D eigenvalue weighted by atomic mass is 19.2. The number of ketones is 1. The van der Waals surface area contributed by atoms with Gasteiger partial charge in [0, 0.05) is 25.2 Å². The van der Waals surface area contributed by atoms with E-state index in [0.29, 0.717) is 24.3 Å². The number of carboxylic acids is 1. The Kier molecular flexibility index (Phi) is 9.03. The number of hydrogen-bond donors (Lipinski definition) is 1. The molecular formula is C30H28F3NO5. The summed E-state index contributed by atoms with van der Waals surface area (Å²) in [5.74, 6) is -4.08. The Morgan fingerprint density at radius 3 is 2.15 bits per heavy atom. The number of piperidine rings is 1. The molecule has 9 heteroatoms. The van der Waals surface area contributed by atoms with Crippen LogP contribution in [0, 0.1) is 17.5 Å². The smallest absolute Gasteiger partial charge is 0.377 e. The first-order valence-corrected chi connectivity index (χ1v) is 12.5. The quantitative estimate of drug-likeness (QED) is 0.201. The van der Waals surface area contributed by atoms with Crippen LogP contribution < -0.4 is 9.47 Å². The SMILES string of the molecule is COc1cc(C(=O)C(=O)O)ccc1OCCCN1CCC(=C(c2ccc(F)cc2)c2ccc(F)c(F)c2)CC1. The molecule has 0 atom stereocenters. The average molecular weight is 540 g/mol. The van der Waals surface area contributed by atoms with Gasteiger partial charge in [0.1, 0.15) is 5.82 Å². The molecule has 1 fully saturated rings. The second kappa shape index (κ2) is 12.6. The molecule has 4 rings (SSSR count). The standard InChI is InChI=1S/C30H28F3NO5/c1-38-27-18-22(29(35)30(36)37)6-10-26(27)39-16-2-13-34-14-11-20(12-15-34)28(19-3-7-23(31)8-4-19)21-5-9-24(32)25(33)17-21/h3-10,17-18H,2,11-16H2,1H3,(H,36,37). The zero-order chi connectivity index (χ0) is 27.9. The van der Waals surface area contributed by atoms with Crippen LogP contribution in [0.2, 0.25) is 0 Å². The second-order valence-corrected chi connectivity index (χ2v) is 9.16. The van der Waals surface area contributed by atoms with E-state index in [-0.39, 0.29) is 17.1 Å². The van der Waals surface area contributed by atoms with Gasteiger partial charge in [-0.15, -0.1) is 0 Å². The van der Waals surface area contributed by atoms with Crippen molar-refractivity contribution in [3.63, 3.8) is 0 Å². The van der Waals surface area contributed by atoms with Crippen LogP contribution in [-0.2, 0) is 4.79 Å². The third-order valence-corrected chi connectivity index (χ3v) is 6.65. The van der Waals surface area contributed by atoms with Crippen LogP contribution in [0.3, 0.4) is 0 Å². The number of carboxylic acid groups (broad SMARTS) is 1. The highest BCUT2D eigenvalue weighted by Crippen LogP contribution is 2.33. The average Bonchev–Trinajstić information content (AvgIpc) is 2.94. The van der Waals surface area contributed by atoms with Crippen LogP contribution in [0.1, 0.15) is 40.7 Å². The number of Topliss-reactive ketones (excluding diaryl/α,β-unsaturated/α-hetero) is 1. The second-order valence-electron chi connectivity index (χ2n) is 9.16. The van der Waals surface area contributed by atoms with Gasteiger partial charge in [0.2, 0.25) is 0 Å². The molecule has 0 aromatic heterocycles. The van der Waals surface area contributed by atoms with E-state index < -0.39 is 23.4 Å². The maximum Gasteiger partial charge on any atom is 0.377 e. The fraction of sp³-hybridized carbons (Fsp3) is 0.267. The molecule has 0 saturated carbocycles. The molecule has 39 heavy (non-hydrogen) atoms. The molecule has 0 unspecified atom stereocenters. The zero-order valence-corrected chi connectivity index (χ0v) is 21.4. The minimum atomic E-state index is -1.54. The molecule has 0 spiro atoms. The van der Waals surface area contributed by atoms with E-state index in [1.165, 1.54) is 43.5 Å². The number of rotatable bonds is 10. The van der Waals surface area contributed by atoms with E-state index in [9.17, 15) is 22.8 Å². The molecule has 1 aliphatic heterocycles. The topological polar surface area (TPSA) is 76.1 Å². The number of halogens is 3. The number of likely N-dealkylation sites (tertiary alicyclic amines) is 1. The number of carbonyl (C=O) groups is 2. The van der Waals surface area contributed by atoms with E-state index >= 15 is 0 Å². The number of nitrogens with zero attached hydrogens (tertiary/aromatic N) is 1. The Morgan fingerprint density at radius 2 is 1.51 bits per heavy atom. The lowest BCUT2D eigenvalue weighted by atomic mass is 9.88. The largest absolute Gasteiger partial charge is 0.493 e. The fourth-order valence-electron chi connectivity index (χ4n) is 4.66. The van der Waals surface area contributed by atoms with Crippen LogP contribution in [0.4, 0.5) is 13.2 Å². The van der Waals surface area contributed by atoms with Crippen LogP contribution in [-0.4, -0.2) is 55.1 Å². The Balaban J connectivity index is 1.37. The van der Waals surface area contributed by atoms with Crippen LogP contribution in [0.5, 0.6) is 11.5 Å². The zero-order valence-electron chi connectivity index (χ0n) is 21.4. The van der Waals surface area contributed by atoms with Crippen molar-refractivity contribution in [1.82, 2.24) is 4.90 Å². The lowest BCUT2D eigenvalue weighted by Gasteiger charge is -2.30. The van der Waals surface area contributed by atoms with Crippen molar-refractivity contribution in [2.45, 2.75) is 19.3 Å². The molecule has 0 bridgehead atoms. The maximum absolute atomic E-state index is 14.1. The normalized spacial score (nSPS) is 13.7. The number of ether oxygens (including phenoxy) is 2. The molecule has 1 saturated heterocycles. The molecule has 3 aromatic carbocycles. The van der Waals surface area contributed by atoms with E-state index in [1.807, 2.05) is 0 Å². The van der Waals surface area contributed by atoms with Gasteiger partial charge in [-0.25, -0.2) is 18.0 Å². The van der Waals surface area contributed by atoms with Gasteiger partial charge < -0.3 is 19.5 Å². The predicted molar refractivity (Wildman–Crippen MR) is 140 cm³/mol. The number of hydrogen-bond acceptors (Lipinski definition) is 5. The fourth-order valence-corrected chi connectivity index (χ4v) is 4.66. The van der Waals surface area contributed by atoms with Gasteiger partial charge in [0.25, 0.3) is 5.78 Å². The summed E-state index contributed by atoms with van der Waals surface area (Å²) in [4.78, 5) is 24.9. The summed E-state index contributed by atoms with van der Waals surface area (Å²) in [5, 5.41) is 8.89. The summed E-state index contributed by atoms with van der Waals surface area (Å²) in [7, 11) is 1.41. The first kappa shape index (κ1) is 27.9. The number of aliphatic carboxylic acids is 1. The van der Waals surface area contributed by atoms with Crippen LogP contribution >= 0.6 is 0 Å². The summed E-state index contributed by atoms with van der Waals surface area (Å²) in [6.07, 6.45) is 2.16. The van der Waals surface area contributed by atoms with Crippen LogP contribution in [0.15, 0.2) is 66.2 Å². The van der Waals surface area contributed by atoms with Gasteiger partial charge in [-0.2, -0.15) is 0 Å². The predicted octanol–water partition coefficient (Wildman–Crippen LogP) is 5.75. The van der Waals surface area contributed by atoms with Gasteiger partial charge in [0.15, 0.2) is 23.1 Å². The Bertz CT molecular complexity index is 1380. The molecule has 0 amide bonds. The maximum atomic E-state index is 14.1. The Morgan fingerprint density at radius 1 is 0.846 bits per heavy atom. The van der Waals surface area contributed by atoms with Crippen molar-refractivity contribution in [2.24, 2.45) is 0 Å². The third kappa shape index (κ3) is 6.86. The van der Waals surface area contributed by atoms with E-state index in [1.54, 1.807) is 18.2 Å². The molecule has 0 aliphatic carbocycles. The van der Waals surface area contributed by atoms with Crippen molar-refractivity contribution in [3.05, 3.63) is 100 Å². The molecule has 0 radical (unpaired) electrons. The summed E-state index contributed by atoms with van der Waals surface area (Å²) in [6, 6.07) is 14.1. The molecule has 204 valence electrons. The van der Waals surface area contributed by atoms with Gasteiger partial charge in [-0.05, 0) is 78.4 Å². The number of carbonyl (C=O) groups excluding carboxylic acids is 1. The summed E-state index contributed by atoms with van der Waals surface area (Å²) in [5.41, 5.74) is 3.22. The molecule has 1 aliphatic rings. The molecular weight excluding hydrogens is 511 g/mol. The van der Waals surface area contributed by atoms with Gasteiger partial charge in [-0.1, -0.05) is 23.8 Å². The highest BCUT2D eigenvalue weighted by molar-refractivity contribution is 6.39. The minimum Gasteiger partial charge on any atom is -0.493 e. The summed E-state index contributed by atoms with van der Waals surface area (Å²) >= 11 is 0. The first-order chi connectivity index (χ1) is 18.8. The number of benzene rings is 3. The van der Waals surface area contributed by atoms with E-state index in [0.717, 1.165) is 55.3 Å². The van der Waals surface area contributed by atoms with Crippen molar-refractivity contribution in [3.8, 4) is 11.5 Å².